The minimum Gasteiger partial charge on any atom is -0.545 e. The molecule has 0 aliphatic heterocycles. The molecule has 0 spiro atoms. The van der Waals surface area contributed by atoms with E-state index in [1.165, 1.54) is 6.08 Å². The summed E-state index contributed by atoms with van der Waals surface area (Å²) < 4.78 is 5.23. The maximum absolute atomic E-state index is 10.1. The number of aliphatic carboxylic acids is 1. The fraction of sp³-hybridized carbons (Fsp3) is 0.182. The Balaban J connectivity index is 0.00000196. The molecule has 0 fully saturated rings. The Bertz CT molecular complexity index is 330. The zero-order chi connectivity index (χ0) is 10.4. The summed E-state index contributed by atoms with van der Waals surface area (Å²) in [5.74, 6) is -0.419. The molecule has 0 amide bonds. The standard InChI is InChI=1S/C11H12O3.Na/c1-2-14-10-6-3-9(4-7-10)5-8-11(12)13;/h3-8H,2H2,1H3,(H,12,13);/q;+1/p-1. The molecule has 3 nitrogen and oxygen atoms in total. The van der Waals surface area contributed by atoms with Gasteiger partial charge in [0.2, 0.25) is 0 Å². The van der Waals surface area contributed by atoms with Crippen LogP contribution >= 0.6 is 0 Å². The molecular formula is C11H11NaO3. The molecule has 15 heavy (non-hydrogen) atoms. The van der Waals surface area contributed by atoms with Crippen LogP contribution in [-0.4, -0.2) is 12.6 Å². The molecule has 4 heteroatoms. The van der Waals surface area contributed by atoms with Crippen molar-refractivity contribution in [2.45, 2.75) is 6.92 Å². The summed E-state index contributed by atoms with van der Waals surface area (Å²) in [7, 11) is 0. The van der Waals surface area contributed by atoms with E-state index in [1.807, 2.05) is 6.92 Å². The Hall–Kier alpha value is -0.770. The van der Waals surface area contributed by atoms with E-state index in [-0.39, 0.29) is 29.6 Å². The fourth-order valence-electron chi connectivity index (χ4n) is 1.01. The van der Waals surface area contributed by atoms with Gasteiger partial charge >= 0.3 is 29.6 Å². The first-order chi connectivity index (χ1) is 6.72. The number of carboxylic acid groups (broad SMARTS) is 1. The Morgan fingerprint density at radius 3 is 2.47 bits per heavy atom. The first-order valence-electron chi connectivity index (χ1n) is 4.34. The van der Waals surface area contributed by atoms with Gasteiger partial charge < -0.3 is 14.6 Å². The van der Waals surface area contributed by atoms with Crippen LogP contribution < -0.4 is 39.4 Å². The third-order valence-corrected chi connectivity index (χ3v) is 1.60. The third-order valence-electron chi connectivity index (χ3n) is 1.60. The van der Waals surface area contributed by atoms with Crippen LogP contribution in [0.15, 0.2) is 30.3 Å². The van der Waals surface area contributed by atoms with Gasteiger partial charge in [-0.1, -0.05) is 18.2 Å². The summed E-state index contributed by atoms with van der Waals surface area (Å²) in [5.41, 5.74) is 0.803. The monoisotopic (exact) mass is 214 g/mol. The fourth-order valence-corrected chi connectivity index (χ4v) is 1.01. The van der Waals surface area contributed by atoms with Crippen molar-refractivity contribution in [1.29, 1.82) is 0 Å². The van der Waals surface area contributed by atoms with Gasteiger partial charge in [-0.2, -0.15) is 0 Å². The maximum Gasteiger partial charge on any atom is 1.00 e. The van der Waals surface area contributed by atoms with Crippen LogP contribution in [0.5, 0.6) is 5.75 Å². The number of carbonyl (C=O) groups excluding carboxylic acids is 1. The molecule has 0 unspecified atom stereocenters. The maximum atomic E-state index is 10.1. The Morgan fingerprint density at radius 2 is 2.00 bits per heavy atom. The summed E-state index contributed by atoms with van der Waals surface area (Å²) in [4.78, 5) is 10.1. The molecule has 1 rings (SSSR count). The molecule has 1 aromatic rings. The molecule has 0 aromatic heterocycles. The van der Waals surface area contributed by atoms with E-state index in [2.05, 4.69) is 0 Å². The van der Waals surface area contributed by atoms with Crippen LogP contribution in [0.4, 0.5) is 0 Å². The van der Waals surface area contributed by atoms with Gasteiger partial charge in [0.1, 0.15) is 5.75 Å². The van der Waals surface area contributed by atoms with Gasteiger partial charge in [0.05, 0.1) is 12.6 Å². The van der Waals surface area contributed by atoms with Crippen molar-refractivity contribution < 1.29 is 44.2 Å². The van der Waals surface area contributed by atoms with Gasteiger partial charge in [0.15, 0.2) is 0 Å². The Labute approximate surface area is 111 Å². The summed E-state index contributed by atoms with van der Waals surface area (Å²) >= 11 is 0. The number of benzene rings is 1. The van der Waals surface area contributed by atoms with Gasteiger partial charge in [-0.15, -0.1) is 0 Å². The molecule has 0 aliphatic carbocycles. The zero-order valence-electron chi connectivity index (χ0n) is 8.90. The van der Waals surface area contributed by atoms with Crippen LogP contribution in [0, 0.1) is 0 Å². The Morgan fingerprint density at radius 1 is 1.40 bits per heavy atom. The number of carboxylic acids is 1. The van der Waals surface area contributed by atoms with Gasteiger partial charge in [-0.3, -0.25) is 0 Å². The second-order valence-electron chi connectivity index (χ2n) is 2.65. The molecule has 0 radical (unpaired) electrons. The molecule has 0 atom stereocenters. The first-order valence-corrected chi connectivity index (χ1v) is 4.34. The largest absolute Gasteiger partial charge is 1.00 e. The van der Waals surface area contributed by atoms with Crippen LogP contribution in [0.25, 0.3) is 6.08 Å². The average molecular weight is 214 g/mol. The van der Waals surface area contributed by atoms with E-state index < -0.39 is 5.97 Å². The van der Waals surface area contributed by atoms with Crippen molar-refractivity contribution in [3.8, 4) is 5.75 Å². The zero-order valence-corrected chi connectivity index (χ0v) is 10.9. The summed E-state index contributed by atoms with van der Waals surface area (Å²) in [6.45, 7) is 2.53. The predicted molar refractivity (Wildman–Crippen MR) is 51.7 cm³/mol. The van der Waals surface area contributed by atoms with E-state index in [1.54, 1.807) is 24.3 Å². The molecule has 0 heterocycles. The first kappa shape index (κ1) is 14.2. The molecule has 0 saturated carbocycles. The number of hydrogen-bond donors (Lipinski definition) is 0. The number of ether oxygens (including phenoxy) is 1. The third kappa shape index (κ3) is 5.62. The van der Waals surface area contributed by atoms with Gasteiger partial charge in [0.25, 0.3) is 0 Å². The summed E-state index contributed by atoms with van der Waals surface area (Å²) in [6.07, 6.45) is 2.47. The van der Waals surface area contributed by atoms with Crippen molar-refractivity contribution >= 4 is 12.0 Å². The number of carbonyl (C=O) groups is 1. The van der Waals surface area contributed by atoms with E-state index in [0.717, 1.165) is 17.4 Å². The minimum atomic E-state index is -1.20. The van der Waals surface area contributed by atoms with Crippen molar-refractivity contribution in [3.63, 3.8) is 0 Å². The average Bonchev–Trinajstić information content (AvgIpc) is 2.17. The number of hydrogen-bond acceptors (Lipinski definition) is 3. The van der Waals surface area contributed by atoms with Gasteiger partial charge in [-0.25, -0.2) is 0 Å². The van der Waals surface area contributed by atoms with Crippen LogP contribution in [0.2, 0.25) is 0 Å². The van der Waals surface area contributed by atoms with E-state index in [9.17, 15) is 9.90 Å². The van der Waals surface area contributed by atoms with Crippen molar-refractivity contribution in [2.75, 3.05) is 6.61 Å². The second-order valence-corrected chi connectivity index (χ2v) is 2.65. The van der Waals surface area contributed by atoms with Crippen LogP contribution in [0.3, 0.4) is 0 Å². The van der Waals surface area contributed by atoms with Gasteiger partial charge in [-0.05, 0) is 30.7 Å². The molecule has 74 valence electrons. The molecular weight excluding hydrogens is 203 g/mol. The normalized spacial score (nSPS) is 9.67. The number of rotatable bonds is 4. The molecule has 1 aromatic carbocycles. The summed E-state index contributed by atoms with van der Waals surface area (Å²) in [5, 5.41) is 10.1. The van der Waals surface area contributed by atoms with Crippen molar-refractivity contribution in [1.82, 2.24) is 0 Å². The smallest absolute Gasteiger partial charge is 0.545 e. The van der Waals surface area contributed by atoms with Crippen molar-refractivity contribution in [2.24, 2.45) is 0 Å². The Kier molecular flexibility index (Phi) is 7.13. The van der Waals surface area contributed by atoms with E-state index in [0.29, 0.717) is 6.61 Å². The van der Waals surface area contributed by atoms with Crippen LogP contribution in [-0.2, 0) is 4.79 Å². The SMILES string of the molecule is CCOc1ccc(C=CC(=O)[O-])cc1.[Na+]. The molecule has 0 N–H and O–H groups in total. The topological polar surface area (TPSA) is 49.4 Å². The second kappa shape index (κ2) is 7.51. The predicted octanol–water partition coefficient (Wildman–Crippen LogP) is -2.15. The quantitative estimate of drug-likeness (QED) is 0.424. The summed E-state index contributed by atoms with van der Waals surface area (Å²) in [6, 6.07) is 7.14. The molecule has 0 bridgehead atoms. The molecule has 0 aliphatic rings. The van der Waals surface area contributed by atoms with Crippen LogP contribution in [0.1, 0.15) is 12.5 Å². The van der Waals surface area contributed by atoms with E-state index >= 15 is 0 Å². The minimum absolute atomic E-state index is 0. The van der Waals surface area contributed by atoms with Gasteiger partial charge in [0, 0.05) is 0 Å². The molecule has 0 saturated heterocycles. The van der Waals surface area contributed by atoms with E-state index in [4.69, 9.17) is 4.74 Å². The van der Waals surface area contributed by atoms with Crippen molar-refractivity contribution in [3.05, 3.63) is 35.9 Å².